The van der Waals surface area contributed by atoms with E-state index in [1.54, 1.807) is 12.1 Å². The van der Waals surface area contributed by atoms with Crippen LogP contribution in [0.1, 0.15) is 19.3 Å². The fourth-order valence-electron chi connectivity index (χ4n) is 2.19. The minimum atomic E-state index is 0.334. The Balaban J connectivity index is 1.79. The Hall–Kier alpha value is -1.49. The van der Waals surface area contributed by atoms with Crippen LogP contribution in [-0.4, -0.2) is 36.1 Å². The van der Waals surface area contributed by atoms with Crippen molar-refractivity contribution in [2.24, 2.45) is 0 Å². The lowest BCUT2D eigenvalue weighted by Gasteiger charge is -2.19. The van der Waals surface area contributed by atoms with Crippen LogP contribution in [0.4, 0.5) is 11.5 Å². The molecule has 0 aromatic carbocycles. The number of hydrogen-bond donors (Lipinski definition) is 2. The highest BCUT2D eigenvalue weighted by Gasteiger charge is 2.20. The Kier molecular flexibility index (Phi) is 3.68. The lowest BCUT2D eigenvalue weighted by atomic mass is 10.1. The van der Waals surface area contributed by atoms with Crippen molar-refractivity contribution < 1.29 is 4.74 Å². The van der Waals surface area contributed by atoms with Gasteiger partial charge in [-0.2, -0.15) is 4.98 Å². The molecule has 0 aliphatic carbocycles. The SMILES string of the molecule is CN1CCCC1CCOc1ccc(N)c(N)n1. The molecule has 94 valence electrons. The zero-order chi connectivity index (χ0) is 12.3. The fraction of sp³-hybridized carbons (Fsp3) is 0.583. The summed E-state index contributed by atoms with van der Waals surface area (Å²) in [5.41, 5.74) is 11.7. The lowest BCUT2D eigenvalue weighted by molar-refractivity contribution is 0.229. The van der Waals surface area contributed by atoms with E-state index in [9.17, 15) is 0 Å². The van der Waals surface area contributed by atoms with Crippen LogP contribution in [0, 0.1) is 0 Å². The third-order valence-electron chi connectivity index (χ3n) is 3.30. The number of nitrogens with two attached hydrogens (primary N) is 2. The van der Waals surface area contributed by atoms with Crippen LogP contribution in [0.2, 0.25) is 0 Å². The molecule has 0 spiro atoms. The van der Waals surface area contributed by atoms with Gasteiger partial charge in [-0.05, 0) is 38.9 Å². The number of hydrogen-bond acceptors (Lipinski definition) is 5. The van der Waals surface area contributed by atoms with Gasteiger partial charge in [-0.25, -0.2) is 0 Å². The van der Waals surface area contributed by atoms with E-state index in [0.717, 1.165) is 6.42 Å². The van der Waals surface area contributed by atoms with Gasteiger partial charge in [0.15, 0.2) is 5.82 Å². The van der Waals surface area contributed by atoms with Crippen LogP contribution >= 0.6 is 0 Å². The average molecular weight is 236 g/mol. The highest BCUT2D eigenvalue weighted by molar-refractivity contribution is 5.58. The molecule has 1 aliphatic rings. The number of aromatic nitrogens is 1. The minimum Gasteiger partial charge on any atom is -0.478 e. The van der Waals surface area contributed by atoms with E-state index in [2.05, 4.69) is 16.9 Å². The molecule has 1 aliphatic heterocycles. The second kappa shape index (κ2) is 5.23. The van der Waals surface area contributed by atoms with E-state index in [4.69, 9.17) is 16.2 Å². The Labute approximate surface area is 102 Å². The van der Waals surface area contributed by atoms with Crippen LogP contribution in [0.15, 0.2) is 12.1 Å². The van der Waals surface area contributed by atoms with E-state index >= 15 is 0 Å². The number of pyridine rings is 1. The predicted molar refractivity (Wildman–Crippen MR) is 68.8 cm³/mol. The van der Waals surface area contributed by atoms with Gasteiger partial charge < -0.3 is 21.1 Å². The Morgan fingerprint density at radius 3 is 2.94 bits per heavy atom. The maximum atomic E-state index is 5.61. The van der Waals surface area contributed by atoms with Crippen molar-refractivity contribution in [3.8, 4) is 5.88 Å². The van der Waals surface area contributed by atoms with Crippen molar-refractivity contribution in [3.63, 3.8) is 0 Å². The summed E-state index contributed by atoms with van der Waals surface area (Å²) in [4.78, 5) is 6.46. The Bertz CT molecular complexity index is 383. The summed E-state index contributed by atoms with van der Waals surface area (Å²) in [5.74, 6) is 0.887. The first-order valence-electron chi connectivity index (χ1n) is 6.02. The molecule has 1 aromatic heterocycles. The number of rotatable bonds is 4. The standard InChI is InChI=1S/C12H20N4O/c1-16-7-2-3-9(16)6-8-17-11-5-4-10(13)12(14)15-11/h4-5,9H,2-3,6-8,13H2,1H3,(H2,14,15). The monoisotopic (exact) mass is 236 g/mol. The molecule has 1 fully saturated rings. The van der Waals surface area contributed by atoms with Crippen molar-refractivity contribution in [1.82, 2.24) is 9.88 Å². The van der Waals surface area contributed by atoms with Crippen molar-refractivity contribution in [2.75, 3.05) is 31.7 Å². The molecule has 0 saturated carbocycles. The largest absolute Gasteiger partial charge is 0.478 e. The molecule has 2 heterocycles. The minimum absolute atomic E-state index is 0.334. The lowest BCUT2D eigenvalue weighted by Crippen LogP contribution is -2.26. The van der Waals surface area contributed by atoms with E-state index in [1.807, 2.05) is 0 Å². The predicted octanol–water partition coefficient (Wildman–Crippen LogP) is 1.11. The van der Waals surface area contributed by atoms with Crippen molar-refractivity contribution >= 4 is 11.5 Å². The molecular weight excluding hydrogens is 216 g/mol. The molecule has 1 saturated heterocycles. The summed E-state index contributed by atoms with van der Waals surface area (Å²) in [5, 5.41) is 0. The molecule has 2 rings (SSSR count). The Morgan fingerprint density at radius 2 is 2.29 bits per heavy atom. The summed E-state index contributed by atoms with van der Waals surface area (Å²) in [6, 6.07) is 4.12. The van der Waals surface area contributed by atoms with Crippen LogP contribution < -0.4 is 16.2 Å². The second-order valence-electron chi connectivity index (χ2n) is 4.54. The van der Waals surface area contributed by atoms with Gasteiger partial charge in [0.2, 0.25) is 5.88 Å². The topological polar surface area (TPSA) is 77.4 Å². The third kappa shape index (κ3) is 3.00. The zero-order valence-corrected chi connectivity index (χ0v) is 10.2. The van der Waals surface area contributed by atoms with Gasteiger partial charge in [-0.1, -0.05) is 0 Å². The highest BCUT2D eigenvalue weighted by Crippen LogP contribution is 2.19. The molecule has 0 amide bonds. The first-order chi connectivity index (χ1) is 8.16. The average Bonchev–Trinajstić information content (AvgIpc) is 2.70. The third-order valence-corrected chi connectivity index (χ3v) is 3.30. The molecule has 1 atom stereocenters. The normalized spacial score (nSPS) is 20.6. The van der Waals surface area contributed by atoms with Gasteiger partial charge in [0.25, 0.3) is 0 Å². The number of ether oxygens (including phenoxy) is 1. The number of likely N-dealkylation sites (tertiary alicyclic amines) is 1. The molecule has 0 bridgehead atoms. The van der Waals surface area contributed by atoms with E-state index in [1.165, 1.54) is 19.4 Å². The van der Waals surface area contributed by atoms with Crippen molar-refractivity contribution in [1.29, 1.82) is 0 Å². The van der Waals surface area contributed by atoms with Gasteiger partial charge in [0.1, 0.15) is 0 Å². The molecule has 4 N–H and O–H groups in total. The highest BCUT2D eigenvalue weighted by atomic mass is 16.5. The van der Waals surface area contributed by atoms with Crippen LogP contribution in [0.5, 0.6) is 5.88 Å². The summed E-state index contributed by atoms with van der Waals surface area (Å²) in [6.07, 6.45) is 3.58. The molecule has 1 aromatic rings. The smallest absolute Gasteiger partial charge is 0.215 e. The maximum Gasteiger partial charge on any atom is 0.215 e. The van der Waals surface area contributed by atoms with Crippen LogP contribution in [0.3, 0.4) is 0 Å². The number of nitrogen functional groups attached to an aromatic ring is 2. The Morgan fingerprint density at radius 1 is 1.47 bits per heavy atom. The molecule has 0 radical (unpaired) electrons. The quantitative estimate of drug-likeness (QED) is 0.819. The van der Waals surface area contributed by atoms with Crippen molar-refractivity contribution in [3.05, 3.63) is 12.1 Å². The van der Waals surface area contributed by atoms with Gasteiger partial charge in [-0.3, -0.25) is 0 Å². The maximum absolute atomic E-state index is 5.61. The van der Waals surface area contributed by atoms with Gasteiger partial charge in [0, 0.05) is 12.1 Å². The number of anilines is 2. The first kappa shape index (κ1) is 12.0. The summed E-state index contributed by atoms with van der Waals surface area (Å²) in [7, 11) is 2.16. The van der Waals surface area contributed by atoms with E-state index in [-0.39, 0.29) is 0 Å². The molecule has 5 heteroatoms. The fourth-order valence-corrected chi connectivity index (χ4v) is 2.19. The van der Waals surface area contributed by atoms with Crippen LogP contribution in [-0.2, 0) is 0 Å². The van der Waals surface area contributed by atoms with Gasteiger partial charge in [-0.15, -0.1) is 0 Å². The first-order valence-corrected chi connectivity index (χ1v) is 6.02. The van der Waals surface area contributed by atoms with E-state index < -0.39 is 0 Å². The zero-order valence-electron chi connectivity index (χ0n) is 10.2. The summed E-state index contributed by atoms with van der Waals surface area (Å²) >= 11 is 0. The summed E-state index contributed by atoms with van der Waals surface area (Å²) in [6.45, 7) is 1.86. The number of nitrogens with zero attached hydrogens (tertiary/aromatic N) is 2. The molecule has 1 unspecified atom stereocenters. The molecular formula is C12H20N4O. The van der Waals surface area contributed by atoms with Gasteiger partial charge in [0.05, 0.1) is 12.3 Å². The van der Waals surface area contributed by atoms with Crippen molar-refractivity contribution in [2.45, 2.75) is 25.3 Å². The van der Waals surface area contributed by atoms with Gasteiger partial charge >= 0.3 is 0 Å². The summed E-state index contributed by atoms with van der Waals surface area (Å²) < 4.78 is 5.58. The van der Waals surface area contributed by atoms with Crippen LogP contribution in [0.25, 0.3) is 0 Å². The van der Waals surface area contributed by atoms with E-state index in [0.29, 0.717) is 30.0 Å². The molecule has 17 heavy (non-hydrogen) atoms. The second-order valence-corrected chi connectivity index (χ2v) is 4.54. The molecule has 5 nitrogen and oxygen atoms in total.